The molecule has 5 nitrogen and oxygen atoms in total. The Morgan fingerprint density at radius 2 is 1.59 bits per heavy atom. The van der Waals surface area contributed by atoms with Crippen molar-refractivity contribution in [1.29, 1.82) is 0 Å². The molecule has 0 fully saturated rings. The third-order valence-electron chi connectivity index (χ3n) is 4.55. The van der Waals surface area contributed by atoms with Gasteiger partial charge in [0.25, 0.3) is 5.91 Å². The summed E-state index contributed by atoms with van der Waals surface area (Å²) < 4.78 is 10.8. The molecule has 0 aliphatic carbocycles. The van der Waals surface area contributed by atoms with E-state index in [1.165, 1.54) is 6.92 Å². The summed E-state index contributed by atoms with van der Waals surface area (Å²) in [6.45, 7) is 1.53. The number of rotatable bonds is 5. The Bertz CT molecular complexity index is 1130. The predicted molar refractivity (Wildman–Crippen MR) is 112 cm³/mol. The molecule has 1 N–H and O–H groups in total. The molecule has 5 heteroatoms. The van der Waals surface area contributed by atoms with Crippen LogP contribution in [0.3, 0.4) is 0 Å². The van der Waals surface area contributed by atoms with Crippen molar-refractivity contribution in [3.63, 3.8) is 0 Å². The van der Waals surface area contributed by atoms with Crippen molar-refractivity contribution in [2.45, 2.75) is 13.0 Å². The topological polar surface area (TPSA) is 68.5 Å². The van der Waals surface area contributed by atoms with Crippen LogP contribution in [0.25, 0.3) is 22.1 Å². The molecule has 1 aromatic heterocycles. The van der Waals surface area contributed by atoms with E-state index in [9.17, 15) is 9.59 Å². The van der Waals surface area contributed by atoms with E-state index >= 15 is 0 Å². The third kappa shape index (κ3) is 4.04. The molecule has 0 radical (unpaired) electrons. The van der Waals surface area contributed by atoms with E-state index in [1.807, 2.05) is 72.8 Å². The zero-order valence-electron chi connectivity index (χ0n) is 15.8. The van der Waals surface area contributed by atoms with Gasteiger partial charge in [-0.3, -0.25) is 4.79 Å². The maximum absolute atomic E-state index is 12.6. The molecular weight excluding hydrogens is 366 g/mol. The van der Waals surface area contributed by atoms with E-state index in [0.717, 1.165) is 16.5 Å². The van der Waals surface area contributed by atoms with E-state index < -0.39 is 18.0 Å². The first kappa shape index (κ1) is 18.5. The molecule has 1 amide bonds. The van der Waals surface area contributed by atoms with Crippen LogP contribution in [-0.2, 0) is 9.53 Å². The number of amides is 1. The molecule has 29 heavy (non-hydrogen) atoms. The van der Waals surface area contributed by atoms with Gasteiger partial charge < -0.3 is 14.5 Å². The van der Waals surface area contributed by atoms with Gasteiger partial charge in [-0.15, -0.1) is 0 Å². The van der Waals surface area contributed by atoms with E-state index in [0.29, 0.717) is 11.3 Å². The lowest BCUT2D eigenvalue weighted by molar-refractivity contribution is -0.123. The molecule has 0 saturated heterocycles. The van der Waals surface area contributed by atoms with E-state index in [4.69, 9.17) is 9.15 Å². The summed E-state index contributed by atoms with van der Waals surface area (Å²) in [5, 5.41) is 3.64. The van der Waals surface area contributed by atoms with Gasteiger partial charge in [0.2, 0.25) is 5.76 Å². The monoisotopic (exact) mass is 385 g/mol. The van der Waals surface area contributed by atoms with E-state index in [-0.39, 0.29) is 5.76 Å². The van der Waals surface area contributed by atoms with Gasteiger partial charge in [-0.1, -0.05) is 66.7 Å². The fourth-order valence-corrected chi connectivity index (χ4v) is 3.05. The highest BCUT2D eigenvalue weighted by atomic mass is 16.6. The number of hydrogen-bond donors (Lipinski definition) is 1. The molecule has 4 aromatic rings. The van der Waals surface area contributed by atoms with Gasteiger partial charge in [0, 0.05) is 16.6 Å². The average molecular weight is 385 g/mol. The average Bonchev–Trinajstić information content (AvgIpc) is 3.19. The minimum Gasteiger partial charge on any atom is -0.449 e. The van der Waals surface area contributed by atoms with Crippen LogP contribution < -0.4 is 5.32 Å². The summed E-state index contributed by atoms with van der Waals surface area (Å²) in [5.41, 5.74) is 3.11. The Morgan fingerprint density at radius 1 is 0.897 bits per heavy atom. The zero-order chi connectivity index (χ0) is 20.2. The van der Waals surface area contributed by atoms with Gasteiger partial charge in [0.15, 0.2) is 6.10 Å². The number of fused-ring (bicyclic) bond motifs is 1. The van der Waals surface area contributed by atoms with Crippen molar-refractivity contribution in [1.82, 2.24) is 0 Å². The number of carbonyl (C=O) groups excluding carboxylic acids is 2. The molecular formula is C24H19NO4. The number of hydrogen-bond acceptors (Lipinski definition) is 4. The second-order valence-corrected chi connectivity index (χ2v) is 6.60. The largest absolute Gasteiger partial charge is 0.449 e. The van der Waals surface area contributed by atoms with Crippen molar-refractivity contribution >= 4 is 28.5 Å². The highest BCUT2D eigenvalue weighted by Gasteiger charge is 2.22. The number of carbonyl (C=O) groups is 2. The lowest BCUT2D eigenvalue weighted by Gasteiger charge is -2.15. The molecule has 144 valence electrons. The first-order chi connectivity index (χ1) is 14.1. The number of ether oxygens (including phenoxy) is 1. The minimum absolute atomic E-state index is 0.0653. The van der Waals surface area contributed by atoms with Crippen LogP contribution in [0.5, 0.6) is 0 Å². The predicted octanol–water partition coefficient (Wildman–Crippen LogP) is 5.28. The lowest BCUT2D eigenvalue weighted by atomic mass is 10.0. The van der Waals surface area contributed by atoms with Crippen LogP contribution in [0.4, 0.5) is 5.69 Å². The molecule has 0 saturated carbocycles. The Hall–Kier alpha value is -3.86. The number of anilines is 1. The third-order valence-corrected chi connectivity index (χ3v) is 4.55. The van der Waals surface area contributed by atoms with Crippen molar-refractivity contribution in [3.8, 4) is 11.1 Å². The van der Waals surface area contributed by atoms with E-state index in [2.05, 4.69) is 5.32 Å². The molecule has 0 spiro atoms. The summed E-state index contributed by atoms with van der Waals surface area (Å²) in [6.07, 6.45) is -0.987. The second-order valence-electron chi connectivity index (χ2n) is 6.60. The summed E-state index contributed by atoms with van der Waals surface area (Å²) in [6, 6.07) is 26.1. The molecule has 1 heterocycles. The van der Waals surface area contributed by atoms with Crippen molar-refractivity contribution in [2.75, 3.05) is 5.32 Å². The second kappa shape index (κ2) is 8.02. The number of para-hydroxylation sites is 2. The van der Waals surface area contributed by atoms with Crippen LogP contribution >= 0.6 is 0 Å². The SMILES string of the molecule is C[C@H](OC(=O)c1cc2ccccc2o1)C(=O)Nc1ccccc1-c1ccccc1. The molecule has 3 aromatic carbocycles. The Labute approximate surface area is 167 Å². The smallest absolute Gasteiger partial charge is 0.375 e. The van der Waals surface area contributed by atoms with Crippen LogP contribution in [0.1, 0.15) is 17.5 Å². The molecule has 0 unspecified atom stereocenters. The Morgan fingerprint density at radius 3 is 2.38 bits per heavy atom. The van der Waals surface area contributed by atoms with Crippen molar-refractivity contribution < 1.29 is 18.7 Å². The van der Waals surface area contributed by atoms with Crippen LogP contribution in [-0.4, -0.2) is 18.0 Å². The number of nitrogens with one attached hydrogen (secondary N) is 1. The molecule has 0 aliphatic rings. The van der Waals surface area contributed by atoms with Crippen LogP contribution in [0.15, 0.2) is 89.3 Å². The first-order valence-corrected chi connectivity index (χ1v) is 9.27. The fraction of sp³-hybridized carbons (Fsp3) is 0.0833. The van der Waals surface area contributed by atoms with Gasteiger partial charge in [-0.25, -0.2) is 4.79 Å². The quantitative estimate of drug-likeness (QED) is 0.474. The van der Waals surface area contributed by atoms with Crippen LogP contribution in [0, 0.1) is 0 Å². The number of benzene rings is 3. The number of esters is 1. The standard InChI is InChI=1S/C24H19NO4/c1-16(28-24(27)22-15-18-11-5-8-14-21(18)29-22)23(26)25-20-13-7-6-12-19(20)17-9-3-2-4-10-17/h2-16H,1H3,(H,25,26)/t16-/m0/s1. The maximum atomic E-state index is 12.6. The van der Waals surface area contributed by atoms with Crippen molar-refractivity contribution in [2.24, 2.45) is 0 Å². The van der Waals surface area contributed by atoms with Gasteiger partial charge in [0.1, 0.15) is 5.58 Å². The highest BCUT2D eigenvalue weighted by molar-refractivity contribution is 6.00. The lowest BCUT2D eigenvalue weighted by Crippen LogP contribution is -2.30. The summed E-state index contributed by atoms with van der Waals surface area (Å²) in [4.78, 5) is 25.0. The van der Waals surface area contributed by atoms with Gasteiger partial charge in [-0.05, 0) is 30.7 Å². The minimum atomic E-state index is -0.987. The first-order valence-electron chi connectivity index (χ1n) is 9.27. The molecule has 0 aliphatic heterocycles. The Kier molecular flexibility index (Phi) is 5.12. The van der Waals surface area contributed by atoms with Gasteiger partial charge in [0.05, 0.1) is 0 Å². The van der Waals surface area contributed by atoms with Crippen LogP contribution in [0.2, 0.25) is 0 Å². The van der Waals surface area contributed by atoms with E-state index in [1.54, 1.807) is 12.1 Å². The fourth-order valence-electron chi connectivity index (χ4n) is 3.05. The number of furan rings is 1. The molecule has 4 rings (SSSR count). The summed E-state index contributed by atoms with van der Waals surface area (Å²) >= 11 is 0. The molecule has 1 atom stereocenters. The van der Waals surface area contributed by atoms with Crippen molar-refractivity contribution in [3.05, 3.63) is 90.7 Å². The summed E-state index contributed by atoms with van der Waals surface area (Å²) in [7, 11) is 0. The normalized spacial score (nSPS) is 11.8. The highest BCUT2D eigenvalue weighted by Crippen LogP contribution is 2.28. The maximum Gasteiger partial charge on any atom is 0.375 e. The summed E-state index contributed by atoms with van der Waals surface area (Å²) in [5.74, 6) is -1.03. The van der Waals surface area contributed by atoms with Gasteiger partial charge >= 0.3 is 5.97 Å². The Balaban J connectivity index is 1.47. The zero-order valence-corrected chi connectivity index (χ0v) is 15.8. The molecule has 0 bridgehead atoms. The van der Waals surface area contributed by atoms with Gasteiger partial charge in [-0.2, -0.15) is 0 Å².